The van der Waals surface area contributed by atoms with Crippen LogP contribution in [-0.4, -0.2) is 23.0 Å². The van der Waals surface area contributed by atoms with Crippen LogP contribution in [0.4, 0.5) is 17.3 Å². The molecule has 28 heavy (non-hydrogen) atoms. The molecule has 0 aliphatic heterocycles. The molecule has 2 N–H and O–H groups in total. The average Bonchev–Trinajstić information content (AvgIpc) is 2.69. The molecular formula is C22H24N4O2. The minimum absolute atomic E-state index is 0.253. The highest BCUT2D eigenvalue weighted by Gasteiger charge is 2.10. The number of carbonyl (C=O) groups excluding carboxylic acids is 1. The van der Waals surface area contributed by atoms with Gasteiger partial charge in [-0.2, -0.15) is 0 Å². The number of nitrogens with zero attached hydrogens (tertiary/aromatic N) is 2. The van der Waals surface area contributed by atoms with Gasteiger partial charge >= 0.3 is 0 Å². The Bertz CT molecular complexity index is 951. The van der Waals surface area contributed by atoms with Crippen molar-refractivity contribution in [1.29, 1.82) is 0 Å². The van der Waals surface area contributed by atoms with Crippen molar-refractivity contribution in [3.63, 3.8) is 0 Å². The lowest BCUT2D eigenvalue weighted by Gasteiger charge is -2.11. The van der Waals surface area contributed by atoms with Gasteiger partial charge in [0, 0.05) is 18.1 Å². The molecule has 1 amide bonds. The lowest BCUT2D eigenvalue weighted by Crippen LogP contribution is -2.13. The Hall–Kier alpha value is -3.41. The molecule has 3 aromatic rings. The fourth-order valence-electron chi connectivity index (χ4n) is 2.70. The number of carbonyl (C=O) groups is 1. The standard InChI is InChI=1S/C22H24N4O2/c1-14(2)16-6-8-18(9-7-16)25-21(27)17-12-23-22(24-13-17)26-19-11-15(3)5-10-20(19)28-4/h5-14H,1-4H3,(H,25,27)(H,23,24,26). The summed E-state index contributed by atoms with van der Waals surface area (Å²) in [6.45, 7) is 6.26. The molecule has 0 fully saturated rings. The van der Waals surface area contributed by atoms with Gasteiger partial charge in [-0.05, 0) is 48.2 Å². The second-order valence-electron chi connectivity index (χ2n) is 6.85. The van der Waals surface area contributed by atoms with E-state index in [0.29, 0.717) is 23.2 Å². The first-order chi connectivity index (χ1) is 13.5. The molecular weight excluding hydrogens is 352 g/mol. The maximum atomic E-state index is 12.4. The Morgan fingerprint density at radius 1 is 1.04 bits per heavy atom. The topological polar surface area (TPSA) is 76.1 Å². The normalized spacial score (nSPS) is 10.6. The van der Waals surface area contributed by atoms with Crippen LogP contribution in [0.2, 0.25) is 0 Å². The van der Waals surface area contributed by atoms with Crippen molar-refractivity contribution in [3.05, 3.63) is 71.5 Å². The largest absolute Gasteiger partial charge is 0.495 e. The summed E-state index contributed by atoms with van der Waals surface area (Å²) in [5, 5.41) is 5.98. The zero-order valence-corrected chi connectivity index (χ0v) is 16.5. The second kappa shape index (κ2) is 8.52. The summed E-state index contributed by atoms with van der Waals surface area (Å²) in [7, 11) is 1.61. The number of hydrogen-bond donors (Lipinski definition) is 2. The minimum Gasteiger partial charge on any atom is -0.495 e. The summed E-state index contributed by atoms with van der Waals surface area (Å²) in [6.07, 6.45) is 2.99. The molecule has 1 aromatic heterocycles. The second-order valence-corrected chi connectivity index (χ2v) is 6.85. The molecule has 0 radical (unpaired) electrons. The predicted octanol–water partition coefficient (Wildman–Crippen LogP) is 4.91. The lowest BCUT2D eigenvalue weighted by atomic mass is 10.0. The van der Waals surface area contributed by atoms with E-state index >= 15 is 0 Å². The van der Waals surface area contributed by atoms with Crippen LogP contribution in [0.25, 0.3) is 0 Å². The summed E-state index contributed by atoms with van der Waals surface area (Å²) in [4.78, 5) is 20.9. The van der Waals surface area contributed by atoms with Crippen LogP contribution in [0.1, 0.15) is 41.3 Å². The number of amides is 1. The highest BCUT2D eigenvalue weighted by atomic mass is 16.5. The van der Waals surface area contributed by atoms with Crippen LogP contribution in [0.5, 0.6) is 5.75 Å². The third kappa shape index (κ3) is 4.65. The monoisotopic (exact) mass is 376 g/mol. The molecule has 0 bridgehead atoms. The zero-order chi connectivity index (χ0) is 20.1. The van der Waals surface area contributed by atoms with Crippen LogP contribution in [-0.2, 0) is 0 Å². The van der Waals surface area contributed by atoms with Gasteiger partial charge in [0.25, 0.3) is 5.91 Å². The highest BCUT2D eigenvalue weighted by molar-refractivity contribution is 6.03. The van der Waals surface area contributed by atoms with Crippen molar-refractivity contribution in [3.8, 4) is 5.75 Å². The van der Waals surface area contributed by atoms with E-state index < -0.39 is 0 Å². The Morgan fingerprint density at radius 2 is 1.71 bits per heavy atom. The van der Waals surface area contributed by atoms with Crippen molar-refractivity contribution < 1.29 is 9.53 Å². The summed E-state index contributed by atoms with van der Waals surface area (Å²) in [5.41, 5.74) is 4.20. The molecule has 3 rings (SSSR count). The Labute approximate surface area is 165 Å². The van der Waals surface area contributed by atoms with Crippen molar-refractivity contribution in [2.24, 2.45) is 0 Å². The summed E-state index contributed by atoms with van der Waals surface area (Å²) < 4.78 is 5.34. The maximum Gasteiger partial charge on any atom is 0.258 e. The fourth-order valence-corrected chi connectivity index (χ4v) is 2.70. The molecule has 0 atom stereocenters. The molecule has 0 saturated carbocycles. The lowest BCUT2D eigenvalue weighted by molar-refractivity contribution is 0.102. The van der Waals surface area contributed by atoms with E-state index in [0.717, 1.165) is 16.9 Å². The van der Waals surface area contributed by atoms with E-state index in [4.69, 9.17) is 4.74 Å². The van der Waals surface area contributed by atoms with E-state index in [-0.39, 0.29) is 5.91 Å². The van der Waals surface area contributed by atoms with Crippen LogP contribution in [0.15, 0.2) is 54.9 Å². The molecule has 6 heteroatoms. The number of hydrogen-bond acceptors (Lipinski definition) is 5. The fraction of sp³-hybridized carbons (Fsp3) is 0.227. The first-order valence-corrected chi connectivity index (χ1v) is 9.11. The van der Waals surface area contributed by atoms with E-state index in [1.54, 1.807) is 7.11 Å². The molecule has 0 unspecified atom stereocenters. The summed E-state index contributed by atoms with van der Waals surface area (Å²) >= 11 is 0. The number of aromatic nitrogens is 2. The average molecular weight is 376 g/mol. The van der Waals surface area contributed by atoms with Crippen LogP contribution in [0, 0.1) is 6.92 Å². The molecule has 2 aromatic carbocycles. The number of methoxy groups -OCH3 is 1. The van der Waals surface area contributed by atoms with Crippen molar-refractivity contribution in [2.75, 3.05) is 17.7 Å². The van der Waals surface area contributed by atoms with Gasteiger partial charge in [-0.15, -0.1) is 0 Å². The number of anilines is 3. The van der Waals surface area contributed by atoms with Gasteiger partial charge in [0.2, 0.25) is 5.95 Å². The number of nitrogens with one attached hydrogen (secondary N) is 2. The summed E-state index contributed by atoms with van der Waals surface area (Å²) in [6, 6.07) is 13.6. The van der Waals surface area contributed by atoms with E-state index in [2.05, 4.69) is 34.4 Å². The van der Waals surface area contributed by atoms with E-state index in [1.165, 1.54) is 18.0 Å². The summed E-state index contributed by atoms with van der Waals surface area (Å²) in [5.74, 6) is 1.28. The molecule has 0 aliphatic rings. The minimum atomic E-state index is -0.253. The van der Waals surface area contributed by atoms with E-state index in [9.17, 15) is 4.79 Å². The van der Waals surface area contributed by atoms with Gasteiger partial charge in [-0.1, -0.05) is 32.0 Å². The first-order valence-electron chi connectivity index (χ1n) is 9.11. The van der Waals surface area contributed by atoms with Crippen LogP contribution >= 0.6 is 0 Å². The van der Waals surface area contributed by atoms with Gasteiger partial charge in [-0.3, -0.25) is 4.79 Å². The quantitative estimate of drug-likeness (QED) is 0.639. The Kier molecular flexibility index (Phi) is 5.89. The maximum absolute atomic E-state index is 12.4. The zero-order valence-electron chi connectivity index (χ0n) is 16.5. The molecule has 6 nitrogen and oxygen atoms in total. The van der Waals surface area contributed by atoms with Gasteiger partial charge < -0.3 is 15.4 Å². The Morgan fingerprint density at radius 3 is 2.32 bits per heavy atom. The van der Waals surface area contributed by atoms with Gasteiger partial charge in [-0.25, -0.2) is 9.97 Å². The number of benzene rings is 2. The number of rotatable bonds is 6. The molecule has 0 saturated heterocycles. The molecule has 0 spiro atoms. The molecule has 0 aliphatic carbocycles. The third-order valence-corrected chi connectivity index (χ3v) is 4.35. The number of ether oxygens (including phenoxy) is 1. The Balaban J connectivity index is 1.68. The van der Waals surface area contributed by atoms with Crippen LogP contribution in [0.3, 0.4) is 0 Å². The highest BCUT2D eigenvalue weighted by Crippen LogP contribution is 2.27. The predicted molar refractivity (Wildman–Crippen MR) is 112 cm³/mol. The van der Waals surface area contributed by atoms with Crippen molar-refractivity contribution >= 4 is 23.2 Å². The number of aryl methyl sites for hydroxylation is 1. The SMILES string of the molecule is COc1ccc(C)cc1Nc1ncc(C(=O)Nc2ccc(C(C)C)cc2)cn1. The third-order valence-electron chi connectivity index (χ3n) is 4.35. The van der Waals surface area contributed by atoms with E-state index in [1.807, 2.05) is 49.4 Å². The first kappa shape index (κ1) is 19.4. The van der Waals surface area contributed by atoms with Gasteiger partial charge in [0.15, 0.2) is 0 Å². The molecule has 144 valence electrons. The van der Waals surface area contributed by atoms with Crippen molar-refractivity contribution in [1.82, 2.24) is 9.97 Å². The van der Waals surface area contributed by atoms with Crippen LogP contribution < -0.4 is 15.4 Å². The smallest absolute Gasteiger partial charge is 0.258 e. The van der Waals surface area contributed by atoms with Gasteiger partial charge in [0.05, 0.1) is 18.4 Å². The van der Waals surface area contributed by atoms with Gasteiger partial charge in [0.1, 0.15) is 5.75 Å². The van der Waals surface area contributed by atoms with Crippen molar-refractivity contribution in [2.45, 2.75) is 26.7 Å². The molecule has 1 heterocycles.